The van der Waals surface area contributed by atoms with Gasteiger partial charge in [0.1, 0.15) is 0 Å². The normalized spacial score (nSPS) is 16.7. The predicted octanol–water partition coefficient (Wildman–Crippen LogP) is 3.00. The number of likely N-dealkylation sites (N-methyl/N-ethyl adjacent to an activating group) is 1. The first kappa shape index (κ1) is 21.4. The summed E-state index contributed by atoms with van der Waals surface area (Å²) in [6.07, 6.45) is 1.69. The molecule has 0 aromatic heterocycles. The van der Waals surface area contributed by atoms with Crippen molar-refractivity contribution in [3.05, 3.63) is 35.9 Å². The predicted molar refractivity (Wildman–Crippen MR) is 109 cm³/mol. The second-order valence-electron chi connectivity index (χ2n) is 7.33. The van der Waals surface area contributed by atoms with E-state index in [9.17, 15) is 9.59 Å². The van der Waals surface area contributed by atoms with Gasteiger partial charge < -0.3 is 9.80 Å². The zero-order chi connectivity index (χ0) is 19.8. The van der Waals surface area contributed by atoms with Gasteiger partial charge in [-0.15, -0.1) is 0 Å². The molecule has 1 heterocycles. The molecule has 1 aliphatic heterocycles. The summed E-state index contributed by atoms with van der Waals surface area (Å²) in [6, 6.07) is 9.99. The van der Waals surface area contributed by atoms with Crippen molar-refractivity contribution in [2.45, 2.75) is 53.1 Å². The van der Waals surface area contributed by atoms with Crippen LogP contribution in [0.5, 0.6) is 0 Å². The first-order valence-electron chi connectivity index (χ1n) is 10.4. The minimum Gasteiger partial charge on any atom is -0.343 e. The molecule has 27 heavy (non-hydrogen) atoms. The van der Waals surface area contributed by atoms with Crippen LogP contribution in [-0.4, -0.2) is 65.3 Å². The molecule has 0 spiro atoms. The van der Waals surface area contributed by atoms with Crippen molar-refractivity contribution in [3.8, 4) is 0 Å². The molecule has 2 amide bonds. The third-order valence-corrected chi connectivity index (χ3v) is 5.77. The molecule has 1 aliphatic rings. The Morgan fingerprint density at radius 3 is 2.07 bits per heavy atom. The summed E-state index contributed by atoms with van der Waals surface area (Å²) in [5.41, 5.74) is 1.16. The van der Waals surface area contributed by atoms with Gasteiger partial charge in [0.15, 0.2) is 0 Å². The zero-order valence-corrected chi connectivity index (χ0v) is 17.4. The van der Waals surface area contributed by atoms with E-state index in [1.807, 2.05) is 55.7 Å². The summed E-state index contributed by atoms with van der Waals surface area (Å²) < 4.78 is 0. The second kappa shape index (κ2) is 10.5. The average molecular weight is 374 g/mol. The van der Waals surface area contributed by atoms with Gasteiger partial charge in [0, 0.05) is 32.1 Å². The van der Waals surface area contributed by atoms with E-state index >= 15 is 0 Å². The summed E-state index contributed by atoms with van der Waals surface area (Å²) >= 11 is 0. The highest BCUT2D eigenvalue weighted by atomic mass is 16.2. The molecule has 1 aromatic rings. The van der Waals surface area contributed by atoms with Crippen molar-refractivity contribution in [2.75, 3.05) is 32.7 Å². The molecule has 1 unspecified atom stereocenters. The fourth-order valence-electron chi connectivity index (χ4n) is 3.90. The van der Waals surface area contributed by atoms with E-state index in [0.717, 1.165) is 44.6 Å². The number of likely N-dealkylation sites (tertiary alicyclic amines) is 1. The minimum absolute atomic E-state index is 0.107. The average Bonchev–Trinajstić information content (AvgIpc) is 2.72. The number of rotatable bonds is 8. The monoisotopic (exact) mass is 373 g/mol. The van der Waals surface area contributed by atoms with Gasteiger partial charge in [-0.3, -0.25) is 14.5 Å². The molecule has 1 atom stereocenters. The van der Waals surface area contributed by atoms with Crippen LogP contribution in [0.25, 0.3) is 0 Å². The van der Waals surface area contributed by atoms with E-state index in [1.165, 1.54) is 0 Å². The molecule has 150 valence electrons. The number of nitrogens with zero attached hydrogens (tertiary/aromatic N) is 3. The van der Waals surface area contributed by atoms with E-state index < -0.39 is 0 Å². The van der Waals surface area contributed by atoms with E-state index in [4.69, 9.17) is 0 Å². The number of benzene rings is 1. The zero-order valence-electron chi connectivity index (χ0n) is 17.4. The van der Waals surface area contributed by atoms with Crippen molar-refractivity contribution in [1.82, 2.24) is 14.7 Å². The van der Waals surface area contributed by atoms with E-state index in [-0.39, 0.29) is 23.8 Å². The summed E-state index contributed by atoms with van der Waals surface area (Å²) in [5, 5.41) is 0. The fraction of sp³-hybridized carbons (Fsp3) is 0.636. The summed E-state index contributed by atoms with van der Waals surface area (Å²) in [7, 11) is 0. The van der Waals surface area contributed by atoms with Crippen LogP contribution >= 0.6 is 0 Å². The Balaban J connectivity index is 1.91. The lowest BCUT2D eigenvalue weighted by Gasteiger charge is -2.38. The molecule has 1 fully saturated rings. The van der Waals surface area contributed by atoms with Crippen molar-refractivity contribution in [3.63, 3.8) is 0 Å². The van der Waals surface area contributed by atoms with Crippen LogP contribution in [-0.2, 0) is 16.1 Å². The third kappa shape index (κ3) is 5.55. The standard InChI is InChI=1S/C22H35N3O2/c1-5-23(6-2)22(27)20-13-15-25(16-14-20)18(4)21(26)24(7-3)17-19-11-9-8-10-12-19/h8-12,18,20H,5-7,13-17H2,1-4H3. The van der Waals surface area contributed by atoms with E-state index in [0.29, 0.717) is 13.1 Å². The van der Waals surface area contributed by atoms with Crippen molar-refractivity contribution in [2.24, 2.45) is 5.92 Å². The quantitative estimate of drug-likeness (QED) is 0.704. The van der Waals surface area contributed by atoms with Gasteiger partial charge in [-0.1, -0.05) is 30.3 Å². The van der Waals surface area contributed by atoms with Crippen LogP contribution in [0.3, 0.4) is 0 Å². The smallest absolute Gasteiger partial charge is 0.239 e. The van der Waals surface area contributed by atoms with Crippen molar-refractivity contribution in [1.29, 1.82) is 0 Å². The molecule has 2 rings (SSSR count). The fourth-order valence-corrected chi connectivity index (χ4v) is 3.90. The Kier molecular flexibility index (Phi) is 8.29. The lowest BCUT2D eigenvalue weighted by Crippen LogP contribution is -2.51. The largest absolute Gasteiger partial charge is 0.343 e. The van der Waals surface area contributed by atoms with Gasteiger partial charge in [0.25, 0.3) is 0 Å². The van der Waals surface area contributed by atoms with Crippen LogP contribution in [0.4, 0.5) is 0 Å². The van der Waals surface area contributed by atoms with Crippen LogP contribution in [0.1, 0.15) is 46.1 Å². The Hall–Kier alpha value is -1.88. The van der Waals surface area contributed by atoms with E-state index in [1.54, 1.807) is 0 Å². The molecule has 0 aliphatic carbocycles. The van der Waals surface area contributed by atoms with Crippen molar-refractivity contribution < 1.29 is 9.59 Å². The molecule has 0 saturated carbocycles. The van der Waals surface area contributed by atoms with Crippen LogP contribution in [0.2, 0.25) is 0 Å². The maximum Gasteiger partial charge on any atom is 0.239 e. The lowest BCUT2D eigenvalue weighted by atomic mass is 9.94. The molecule has 0 radical (unpaired) electrons. The number of carbonyl (C=O) groups excluding carboxylic acids is 2. The number of hydrogen-bond donors (Lipinski definition) is 0. The molecular formula is C22H35N3O2. The third-order valence-electron chi connectivity index (χ3n) is 5.77. The van der Waals surface area contributed by atoms with E-state index in [2.05, 4.69) is 17.0 Å². The molecule has 5 nitrogen and oxygen atoms in total. The van der Waals surface area contributed by atoms with Crippen LogP contribution in [0, 0.1) is 5.92 Å². The molecule has 0 bridgehead atoms. The van der Waals surface area contributed by atoms with Gasteiger partial charge >= 0.3 is 0 Å². The summed E-state index contributed by atoms with van der Waals surface area (Å²) in [6.45, 7) is 12.6. The highest BCUT2D eigenvalue weighted by Crippen LogP contribution is 2.22. The Labute approximate surface area is 164 Å². The van der Waals surface area contributed by atoms with Crippen LogP contribution < -0.4 is 0 Å². The van der Waals surface area contributed by atoms with Crippen LogP contribution in [0.15, 0.2) is 30.3 Å². The highest BCUT2D eigenvalue weighted by molar-refractivity contribution is 5.82. The minimum atomic E-state index is -0.141. The first-order valence-corrected chi connectivity index (χ1v) is 10.4. The maximum atomic E-state index is 13.0. The Morgan fingerprint density at radius 1 is 1.00 bits per heavy atom. The first-order chi connectivity index (χ1) is 13.0. The van der Waals surface area contributed by atoms with Gasteiger partial charge in [0.2, 0.25) is 11.8 Å². The topological polar surface area (TPSA) is 43.9 Å². The highest BCUT2D eigenvalue weighted by Gasteiger charge is 2.32. The molecule has 0 N–H and O–H groups in total. The maximum absolute atomic E-state index is 13.0. The summed E-state index contributed by atoms with van der Waals surface area (Å²) in [4.78, 5) is 31.7. The summed E-state index contributed by atoms with van der Waals surface area (Å²) in [5.74, 6) is 0.558. The Bertz CT molecular complexity index is 593. The second-order valence-corrected chi connectivity index (χ2v) is 7.33. The van der Waals surface area contributed by atoms with Gasteiger partial charge in [-0.05, 0) is 59.2 Å². The van der Waals surface area contributed by atoms with Gasteiger partial charge in [-0.2, -0.15) is 0 Å². The molecule has 1 aromatic carbocycles. The molecular weight excluding hydrogens is 338 g/mol. The van der Waals surface area contributed by atoms with Gasteiger partial charge in [0.05, 0.1) is 6.04 Å². The van der Waals surface area contributed by atoms with Gasteiger partial charge in [-0.25, -0.2) is 0 Å². The molecule has 1 saturated heterocycles. The number of carbonyl (C=O) groups is 2. The SMILES string of the molecule is CCN(CC)C(=O)C1CCN(C(C)C(=O)N(CC)Cc2ccccc2)CC1. The lowest BCUT2D eigenvalue weighted by molar-refractivity contribution is -0.139. The number of hydrogen-bond acceptors (Lipinski definition) is 3. The Morgan fingerprint density at radius 2 is 1.56 bits per heavy atom. The molecule has 5 heteroatoms. The number of piperidine rings is 1. The number of amides is 2. The van der Waals surface area contributed by atoms with Crippen molar-refractivity contribution >= 4 is 11.8 Å².